The first kappa shape index (κ1) is 20.5. The molecule has 2 heterocycles. The molecule has 3 heteroatoms. The second-order valence-corrected chi connectivity index (χ2v) is 9.93. The van der Waals surface area contributed by atoms with Gasteiger partial charge in [0.1, 0.15) is 17.7 Å². The number of hydrogen-bond donors (Lipinski definition) is 1. The lowest BCUT2D eigenvalue weighted by Crippen LogP contribution is -2.34. The van der Waals surface area contributed by atoms with E-state index >= 15 is 0 Å². The molecule has 1 N–H and O–H groups in total. The van der Waals surface area contributed by atoms with Crippen molar-refractivity contribution in [2.45, 2.75) is 43.7 Å². The minimum Gasteiger partial charge on any atom is -0.457 e. The third-order valence-electron chi connectivity index (χ3n) is 7.95. The lowest BCUT2D eigenvalue weighted by Gasteiger charge is -2.43. The van der Waals surface area contributed by atoms with Gasteiger partial charge >= 0.3 is 0 Å². The van der Waals surface area contributed by atoms with Crippen LogP contribution in [0.3, 0.4) is 0 Å². The van der Waals surface area contributed by atoms with Crippen LogP contribution in [-0.4, -0.2) is 5.71 Å². The molecule has 4 aromatic rings. The third kappa shape index (κ3) is 3.30. The van der Waals surface area contributed by atoms with Gasteiger partial charge in [0.05, 0.1) is 5.71 Å². The zero-order valence-corrected chi connectivity index (χ0v) is 19.7. The van der Waals surface area contributed by atoms with Gasteiger partial charge < -0.3 is 10.1 Å². The van der Waals surface area contributed by atoms with Crippen LogP contribution in [0.5, 0.6) is 11.5 Å². The summed E-state index contributed by atoms with van der Waals surface area (Å²) in [5, 5.41) is 3.63. The molecule has 1 saturated carbocycles. The van der Waals surface area contributed by atoms with E-state index in [-0.39, 0.29) is 11.6 Å². The van der Waals surface area contributed by atoms with Gasteiger partial charge in [-0.05, 0) is 48.7 Å². The van der Waals surface area contributed by atoms with E-state index in [1.165, 1.54) is 48.8 Å². The summed E-state index contributed by atoms with van der Waals surface area (Å²) < 4.78 is 6.46. The fraction of sp³-hybridized carbons (Fsp3) is 0.219. The smallest absolute Gasteiger partial charge is 0.145 e. The molecule has 7 rings (SSSR count). The topological polar surface area (TPSA) is 33.6 Å². The average molecular weight is 457 g/mol. The number of rotatable bonds is 2. The Labute approximate surface area is 206 Å². The lowest BCUT2D eigenvalue weighted by molar-refractivity contribution is 0.306. The molecule has 1 aliphatic carbocycles. The van der Waals surface area contributed by atoms with Gasteiger partial charge in [-0.3, -0.25) is 4.99 Å². The van der Waals surface area contributed by atoms with E-state index in [4.69, 9.17) is 9.73 Å². The summed E-state index contributed by atoms with van der Waals surface area (Å²) >= 11 is 0. The first-order chi connectivity index (χ1) is 17.3. The Balaban J connectivity index is 1.40. The van der Waals surface area contributed by atoms with E-state index < -0.39 is 0 Å². The molecule has 0 saturated heterocycles. The second-order valence-electron chi connectivity index (χ2n) is 9.93. The molecular formula is C32H28N2O. The summed E-state index contributed by atoms with van der Waals surface area (Å²) in [5.41, 5.74) is 8.32. The zero-order chi connectivity index (χ0) is 23.2. The zero-order valence-electron chi connectivity index (χ0n) is 19.7. The summed E-state index contributed by atoms with van der Waals surface area (Å²) in [6.07, 6.45) is 6.04. The molecule has 1 spiro atoms. The predicted molar refractivity (Wildman–Crippen MR) is 142 cm³/mol. The molecule has 0 bridgehead atoms. The van der Waals surface area contributed by atoms with E-state index in [9.17, 15) is 0 Å². The molecule has 172 valence electrons. The number of nitrogens with one attached hydrogen (secondary N) is 1. The van der Waals surface area contributed by atoms with Crippen molar-refractivity contribution in [3.63, 3.8) is 0 Å². The average Bonchev–Trinajstić information content (AvgIpc) is 2.94. The molecule has 0 radical (unpaired) electrons. The number of ether oxygens (including phenoxy) is 1. The van der Waals surface area contributed by atoms with Crippen LogP contribution in [0.2, 0.25) is 0 Å². The van der Waals surface area contributed by atoms with Crippen molar-refractivity contribution in [1.82, 2.24) is 0 Å². The van der Waals surface area contributed by atoms with E-state index in [2.05, 4.69) is 102 Å². The van der Waals surface area contributed by atoms with Crippen molar-refractivity contribution in [1.29, 1.82) is 0 Å². The van der Waals surface area contributed by atoms with Crippen LogP contribution < -0.4 is 10.1 Å². The molecule has 35 heavy (non-hydrogen) atoms. The van der Waals surface area contributed by atoms with Gasteiger partial charge in [0.25, 0.3) is 0 Å². The van der Waals surface area contributed by atoms with Gasteiger partial charge in [0.15, 0.2) is 0 Å². The van der Waals surface area contributed by atoms with Crippen LogP contribution in [0.1, 0.15) is 66.1 Å². The normalized spacial score (nSPS) is 19.4. The van der Waals surface area contributed by atoms with Gasteiger partial charge in [-0.2, -0.15) is 0 Å². The fourth-order valence-corrected chi connectivity index (χ4v) is 6.27. The van der Waals surface area contributed by atoms with E-state index in [0.29, 0.717) is 0 Å². The number of aliphatic imine (C=N–C) groups is 1. The molecule has 1 fully saturated rings. The van der Waals surface area contributed by atoms with Crippen molar-refractivity contribution in [3.05, 3.63) is 125 Å². The number of nitrogens with zero attached hydrogens (tertiary/aromatic N) is 1. The van der Waals surface area contributed by atoms with Crippen LogP contribution in [-0.2, 0) is 5.41 Å². The highest BCUT2D eigenvalue weighted by Gasteiger charge is 2.43. The second kappa shape index (κ2) is 8.13. The number of para-hydroxylation sites is 2. The quantitative estimate of drug-likeness (QED) is 0.331. The standard InChI is InChI=1S/C32H28N2O/c1-3-11-22(12-4-1)31-33-27-15-7-5-13-24(27)30(34-31)23-17-18-29-26(21-23)32(19-9-2-10-20-32)25-14-6-8-16-28(25)35-29/h1,3-8,11-18,21,31,33H,2,9-10,19-20H2. The van der Waals surface area contributed by atoms with Crippen LogP contribution in [0, 0.1) is 0 Å². The third-order valence-corrected chi connectivity index (χ3v) is 7.95. The highest BCUT2D eigenvalue weighted by Crippen LogP contribution is 2.55. The van der Waals surface area contributed by atoms with E-state index in [1.54, 1.807) is 0 Å². The molecule has 1 atom stereocenters. The maximum absolute atomic E-state index is 6.46. The molecule has 0 amide bonds. The van der Waals surface area contributed by atoms with Gasteiger partial charge in [-0.25, -0.2) is 0 Å². The summed E-state index contributed by atoms with van der Waals surface area (Å²) in [6.45, 7) is 0. The summed E-state index contributed by atoms with van der Waals surface area (Å²) in [4.78, 5) is 5.26. The Morgan fingerprint density at radius 3 is 2.34 bits per heavy atom. The molecule has 3 nitrogen and oxygen atoms in total. The summed E-state index contributed by atoms with van der Waals surface area (Å²) in [5.74, 6) is 2.01. The highest BCUT2D eigenvalue weighted by molar-refractivity contribution is 6.17. The van der Waals surface area contributed by atoms with Crippen molar-refractivity contribution >= 4 is 11.4 Å². The van der Waals surface area contributed by atoms with Gasteiger partial charge in [-0.15, -0.1) is 0 Å². The Morgan fingerprint density at radius 2 is 1.46 bits per heavy atom. The van der Waals surface area contributed by atoms with Crippen molar-refractivity contribution in [2.75, 3.05) is 5.32 Å². The number of hydrogen-bond acceptors (Lipinski definition) is 3. The Bertz CT molecular complexity index is 1430. The minimum atomic E-state index is -0.113. The lowest BCUT2D eigenvalue weighted by atomic mass is 9.63. The largest absolute Gasteiger partial charge is 0.457 e. The minimum absolute atomic E-state index is 0.0181. The van der Waals surface area contributed by atoms with Crippen molar-refractivity contribution in [3.8, 4) is 11.5 Å². The number of anilines is 1. The van der Waals surface area contributed by atoms with E-state index in [0.717, 1.165) is 34.0 Å². The molecule has 4 aromatic carbocycles. The summed E-state index contributed by atoms with van der Waals surface area (Å²) in [7, 11) is 0. The van der Waals surface area contributed by atoms with Crippen LogP contribution in [0.15, 0.2) is 102 Å². The van der Waals surface area contributed by atoms with Crippen molar-refractivity contribution in [2.24, 2.45) is 4.99 Å². The first-order valence-electron chi connectivity index (χ1n) is 12.7. The Hall–Kier alpha value is -3.85. The molecular weight excluding hydrogens is 428 g/mol. The molecule has 3 aliphatic rings. The summed E-state index contributed by atoms with van der Waals surface area (Å²) in [6, 6.07) is 34.4. The number of benzene rings is 4. The molecule has 0 aromatic heterocycles. The monoisotopic (exact) mass is 456 g/mol. The Morgan fingerprint density at radius 1 is 0.714 bits per heavy atom. The van der Waals surface area contributed by atoms with Crippen LogP contribution in [0.25, 0.3) is 0 Å². The van der Waals surface area contributed by atoms with E-state index in [1.807, 2.05) is 0 Å². The fourth-order valence-electron chi connectivity index (χ4n) is 6.27. The van der Waals surface area contributed by atoms with Crippen LogP contribution in [0.4, 0.5) is 5.69 Å². The Kier molecular flexibility index (Phi) is 4.76. The maximum Gasteiger partial charge on any atom is 0.145 e. The SMILES string of the molecule is c1ccc(C2N=C(c3ccc4c(c3)C3(CCCCC3)c3ccccc3O4)c3ccccc3N2)cc1. The van der Waals surface area contributed by atoms with Gasteiger partial charge in [0.2, 0.25) is 0 Å². The maximum atomic E-state index is 6.46. The molecule has 2 aliphatic heterocycles. The highest BCUT2D eigenvalue weighted by atomic mass is 16.5. The number of fused-ring (bicyclic) bond motifs is 5. The molecule has 1 unspecified atom stereocenters. The van der Waals surface area contributed by atoms with Crippen LogP contribution >= 0.6 is 0 Å². The van der Waals surface area contributed by atoms with Gasteiger partial charge in [-0.1, -0.05) is 86.0 Å². The van der Waals surface area contributed by atoms with Gasteiger partial charge in [0, 0.05) is 33.4 Å². The predicted octanol–water partition coefficient (Wildman–Crippen LogP) is 8.00. The van der Waals surface area contributed by atoms with Crippen molar-refractivity contribution < 1.29 is 4.74 Å². The first-order valence-corrected chi connectivity index (χ1v) is 12.7.